The van der Waals surface area contributed by atoms with Gasteiger partial charge in [-0.2, -0.15) is 9.97 Å². The molecular formula is C14H21N7O. The number of rotatable bonds is 8. The number of hydrogen-bond acceptors (Lipinski definition) is 8. The molecule has 1 heterocycles. The summed E-state index contributed by atoms with van der Waals surface area (Å²) in [7, 11) is 0. The highest BCUT2D eigenvalue weighted by atomic mass is 16.5. The van der Waals surface area contributed by atoms with Gasteiger partial charge in [0.25, 0.3) is 0 Å². The second kappa shape index (κ2) is 8.01. The zero-order chi connectivity index (χ0) is 15.8. The number of nitrogens with one attached hydrogen (secondary N) is 3. The molecule has 0 bridgehead atoms. The van der Waals surface area contributed by atoms with Crippen molar-refractivity contribution < 1.29 is 4.74 Å². The first-order valence-corrected chi connectivity index (χ1v) is 7.07. The summed E-state index contributed by atoms with van der Waals surface area (Å²) in [5.74, 6) is 12.8. The molecule has 8 nitrogen and oxygen atoms in total. The average Bonchev–Trinajstić information content (AvgIpc) is 2.56. The molecule has 0 fully saturated rings. The number of nitrogens with zero attached hydrogens (tertiary/aromatic N) is 2. The summed E-state index contributed by atoms with van der Waals surface area (Å²) in [4.78, 5) is 8.39. The van der Waals surface area contributed by atoms with Crippen LogP contribution in [-0.4, -0.2) is 16.6 Å². The lowest BCUT2D eigenvalue weighted by molar-refractivity contribution is 0.309. The predicted octanol–water partition coefficient (Wildman–Crippen LogP) is 1.97. The van der Waals surface area contributed by atoms with Gasteiger partial charge in [-0.3, -0.25) is 0 Å². The minimum Gasteiger partial charge on any atom is -0.494 e. The van der Waals surface area contributed by atoms with Gasteiger partial charge < -0.3 is 20.9 Å². The number of anilines is 4. The molecule has 0 amide bonds. The second-order valence-electron chi connectivity index (χ2n) is 4.60. The molecule has 1 aromatic carbocycles. The number of benzene rings is 1. The maximum Gasteiger partial charge on any atom is 0.231 e. The van der Waals surface area contributed by atoms with Gasteiger partial charge in [-0.25, -0.2) is 11.7 Å². The summed E-state index contributed by atoms with van der Waals surface area (Å²) in [6.45, 7) is 2.85. The van der Waals surface area contributed by atoms with Crippen molar-refractivity contribution >= 4 is 23.3 Å². The Morgan fingerprint density at radius 1 is 1.05 bits per heavy atom. The quantitative estimate of drug-likeness (QED) is 0.285. The lowest BCUT2D eigenvalue weighted by Gasteiger charge is -2.10. The molecule has 0 aliphatic rings. The molecule has 2 aromatic rings. The Hall–Kier alpha value is -2.58. The van der Waals surface area contributed by atoms with Gasteiger partial charge in [0, 0.05) is 11.8 Å². The van der Waals surface area contributed by atoms with Crippen molar-refractivity contribution in [2.24, 2.45) is 11.7 Å². The molecule has 22 heavy (non-hydrogen) atoms. The Balaban J connectivity index is 2.04. The number of hydrogen-bond donors (Lipinski definition) is 5. The average molecular weight is 303 g/mol. The summed E-state index contributed by atoms with van der Waals surface area (Å²) in [5.41, 5.74) is 5.75. The van der Waals surface area contributed by atoms with Crippen molar-refractivity contribution in [1.82, 2.24) is 9.97 Å². The van der Waals surface area contributed by atoms with E-state index < -0.39 is 0 Å². The Kier molecular flexibility index (Phi) is 5.75. The van der Waals surface area contributed by atoms with Gasteiger partial charge in [0.1, 0.15) is 17.4 Å². The van der Waals surface area contributed by atoms with Crippen LogP contribution in [0.1, 0.15) is 19.8 Å². The van der Waals surface area contributed by atoms with Crippen LogP contribution in [0.25, 0.3) is 0 Å². The Labute approximate surface area is 129 Å². The molecule has 0 unspecified atom stereocenters. The van der Waals surface area contributed by atoms with Crippen LogP contribution >= 0.6 is 0 Å². The summed E-state index contributed by atoms with van der Waals surface area (Å²) in [6.07, 6.45) is 2.15. The number of nitrogens with two attached hydrogens (primary N) is 2. The van der Waals surface area contributed by atoms with Crippen molar-refractivity contribution in [2.75, 3.05) is 22.8 Å². The van der Waals surface area contributed by atoms with Crippen LogP contribution in [0.2, 0.25) is 0 Å². The Bertz CT molecular complexity index is 566. The zero-order valence-electron chi connectivity index (χ0n) is 12.5. The van der Waals surface area contributed by atoms with Gasteiger partial charge in [0.15, 0.2) is 0 Å². The molecule has 1 aromatic heterocycles. The maximum absolute atomic E-state index is 5.61. The largest absolute Gasteiger partial charge is 0.494 e. The first-order valence-electron chi connectivity index (χ1n) is 7.07. The molecular weight excluding hydrogens is 282 g/mol. The molecule has 0 aliphatic heterocycles. The van der Waals surface area contributed by atoms with Crippen molar-refractivity contribution in [3.63, 3.8) is 0 Å². The highest BCUT2D eigenvalue weighted by molar-refractivity contribution is 5.59. The van der Waals surface area contributed by atoms with Gasteiger partial charge in [-0.1, -0.05) is 13.3 Å². The number of hydrazine groups is 2. The third-order valence-electron chi connectivity index (χ3n) is 2.90. The van der Waals surface area contributed by atoms with Gasteiger partial charge >= 0.3 is 0 Å². The van der Waals surface area contributed by atoms with E-state index >= 15 is 0 Å². The maximum atomic E-state index is 5.61. The number of unbranched alkanes of at least 4 members (excludes halogenated alkanes) is 1. The summed E-state index contributed by atoms with van der Waals surface area (Å²) in [6, 6.07) is 9.16. The fourth-order valence-corrected chi connectivity index (χ4v) is 1.75. The Morgan fingerprint density at radius 2 is 1.68 bits per heavy atom. The number of aromatic nitrogens is 2. The van der Waals surface area contributed by atoms with Crippen LogP contribution < -0.4 is 32.6 Å². The fourth-order valence-electron chi connectivity index (χ4n) is 1.75. The van der Waals surface area contributed by atoms with Gasteiger partial charge in [-0.15, -0.1) is 0 Å². The molecule has 0 atom stereocenters. The van der Waals surface area contributed by atoms with Crippen LogP contribution in [0.4, 0.5) is 23.3 Å². The van der Waals surface area contributed by atoms with Gasteiger partial charge in [0.2, 0.25) is 5.95 Å². The molecule has 0 spiro atoms. The first-order chi connectivity index (χ1) is 10.7. The lowest BCUT2D eigenvalue weighted by atomic mass is 10.3. The van der Waals surface area contributed by atoms with Crippen molar-refractivity contribution in [2.45, 2.75) is 19.8 Å². The summed E-state index contributed by atoms with van der Waals surface area (Å²) >= 11 is 0. The van der Waals surface area contributed by atoms with E-state index in [0.717, 1.165) is 30.9 Å². The third-order valence-corrected chi connectivity index (χ3v) is 2.90. The van der Waals surface area contributed by atoms with Crippen molar-refractivity contribution in [3.8, 4) is 5.75 Å². The fraction of sp³-hybridized carbons (Fsp3) is 0.286. The van der Waals surface area contributed by atoms with E-state index in [4.69, 9.17) is 16.4 Å². The minimum atomic E-state index is 0.378. The lowest BCUT2D eigenvalue weighted by Crippen LogP contribution is -2.14. The SMILES string of the molecule is CCCCOc1ccc(Nc2nc(NN)cc(NN)n2)cc1. The molecule has 0 radical (unpaired) electrons. The molecule has 0 saturated carbocycles. The van der Waals surface area contributed by atoms with Crippen LogP contribution in [-0.2, 0) is 0 Å². The summed E-state index contributed by atoms with van der Waals surface area (Å²) < 4.78 is 5.61. The van der Waals surface area contributed by atoms with E-state index in [2.05, 4.69) is 33.1 Å². The van der Waals surface area contributed by atoms with Crippen LogP contribution in [0.3, 0.4) is 0 Å². The van der Waals surface area contributed by atoms with Crippen LogP contribution in [0.5, 0.6) is 5.75 Å². The van der Waals surface area contributed by atoms with Crippen molar-refractivity contribution in [1.29, 1.82) is 0 Å². The third kappa shape index (κ3) is 4.47. The molecule has 0 saturated heterocycles. The number of ether oxygens (including phenoxy) is 1. The van der Waals surface area contributed by atoms with Crippen LogP contribution in [0.15, 0.2) is 30.3 Å². The molecule has 0 aliphatic carbocycles. The monoisotopic (exact) mass is 303 g/mol. The smallest absolute Gasteiger partial charge is 0.231 e. The first kappa shape index (κ1) is 15.8. The minimum absolute atomic E-state index is 0.378. The zero-order valence-corrected chi connectivity index (χ0v) is 12.5. The molecule has 8 heteroatoms. The van der Waals surface area contributed by atoms with E-state index in [1.807, 2.05) is 24.3 Å². The second-order valence-corrected chi connectivity index (χ2v) is 4.60. The van der Waals surface area contributed by atoms with Gasteiger partial charge in [-0.05, 0) is 30.7 Å². The normalized spacial score (nSPS) is 10.1. The molecule has 2 rings (SSSR count). The highest BCUT2D eigenvalue weighted by Crippen LogP contribution is 2.20. The van der Waals surface area contributed by atoms with E-state index in [1.165, 1.54) is 0 Å². The standard InChI is InChI=1S/C14H21N7O/c1-2-3-8-22-11-6-4-10(5-7-11)17-14-18-12(20-15)9-13(19-14)21-16/h4-7,9H,2-3,8,15-16H2,1H3,(H3,17,18,19,20,21). The van der Waals surface area contributed by atoms with E-state index in [9.17, 15) is 0 Å². The molecule has 7 N–H and O–H groups in total. The number of nitrogen functional groups attached to an aromatic ring is 2. The Morgan fingerprint density at radius 3 is 2.23 bits per heavy atom. The summed E-state index contributed by atoms with van der Waals surface area (Å²) in [5, 5.41) is 3.08. The van der Waals surface area contributed by atoms with E-state index in [0.29, 0.717) is 17.6 Å². The molecule has 118 valence electrons. The van der Waals surface area contributed by atoms with Gasteiger partial charge in [0.05, 0.1) is 6.61 Å². The van der Waals surface area contributed by atoms with E-state index in [-0.39, 0.29) is 0 Å². The highest BCUT2D eigenvalue weighted by Gasteiger charge is 2.04. The van der Waals surface area contributed by atoms with Crippen molar-refractivity contribution in [3.05, 3.63) is 30.3 Å². The van der Waals surface area contributed by atoms with Crippen LogP contribution in [0, 0.1) is 0 Å². The topological polar surface area (TPSA) is 123 Å². The predicted molar refractivity (Wildman–Crippen MR) is 87.8 cm³/mol. The van der Waals surface area contributed by atoms with E-state index in [1.54, 1.807) is 6.07 Å².